The number of aromatic amines is 1. The van der Waals surface area contributed by atoms with E-state index in [-0.39, 0.29) is 29.5 Å². The molecule has 1 spiro atoms. The van der Waals surface area contributed by atoms with Crippen LogP contribution >= 0.6 is 0 Å². The molecule has 1 fully saturated rings. The summed E-state index contributed by atoms with van der Waals surface area (Å²) in [5.41, 5.74) is 2.33. The number of imidazole rings is 1. The van der Waals surface area contributed by atoms with Crippen molar-refractivity contribution in [2.75, 3.05) is 31.9 Å². The average molecular weight is 393 g/mol. The van der Waals surface area contributed by atoms with Gasteiger partial charge >= 0.3 is 0 Å². The number of fused-ring (bicyclic) bond motifs is 2. The number of hydrogen-bond donors (Lipinski definition) is 1. The summed E-state index contributed by atoms with van der Waals surface area (Å²) in [7, 11) is -3.10. The number of nitrogens with zero attached hydrogens (tertiary/aromatic N) is 3. The van der Waals surface area contributed by atoms with Crippen LogP contribution in [-0.4, -0.2) is 66.0 Å². The molecule has 27 heavy (non-hydrogen) atoms. The van der Waals surface area contributed by atoms with Crippen molar-refractivity contribution in [3.05, 3.63) is 29.2 Å². The summed E-state index contributed by atoms with van der Waals surface area (Å²) >= 11 is 0. The molecule has 1 saturated heterocycles. The van der Waals surface area contributed by atoms with Gasteiger partial charge in [-0.2, -0.15) is 0 Å². The first-order chi connectivity index (χ1) is 12.9. The van der Waals surface area contributed by atoms with Gasteiger partial charge in [0.1, 0.15) is 0 Å². The fourth-order valence-corrected chi connectivity index (χ4v) is 6.32. The minimum absolute atomic E-state index is 0.0664. The van der Waals surface area contributed by atoms with Gasteiger partial charge < -0.3 is 9.88 Å². The number of sulfone groups is 1. The van der Waals surface area contributed by atoms with Crippen molar-refractivity contribution in [2.24, 2.45) is 5.92 Å². The van der Waals surface area contributed by atoms with Crippen LogP contribution in [0.15, 0.2) is 17.8 Å². The number of H-pyrrole nitrogens is 1. The van der Waals surface area contributed by atoms with Crippen LogP contribution < -0.4 is 0 Å². The van der Waals surface area contributed by atoms with E-state index in [4.69, 9.17) is 0 Å². The number of piperidine rings is 1. The molecule has 1 aromatic heterocycles. The summed E-state index contributed by atoms with van der Waals surface area (Å²) in [6.45, 7) is 5.69. The van der Waals surface area contributed by atoms with E-state index >= 15 is 0 Å². The lowest BCUT2D eigenvalue weighted by Gasteiger charge is -2.50. The van der Waals surface area contributed by atoms with E-state index in [2.05, 4.69) is 21.8 Å². The number of allylic oxidation sites excluding steroid dienone is 1. The van der Waals surface area contributed by atoms with E-state index in [9.17, 15) is 13.2 Å². The molecule has 1 aromatic rings. The Balaban J connectivity index is 1.44. The van der Waals surface area contributed by atoms with Crippen molar-refractivity contribution in [3.8, 4) is 0 Å². The zero-order chi connectivity index (χ0) is 19.1. The van der Waals surface area contributed by atoms with Crippen molar-refractivity contribution in [1.82, 2.24) is 19.8 Å². The zero-order valence-electron chi connectivity index (χ0n) is 15.9. The Morgan fingerprint density at radius 2 is 2.11 bits per heavy atom. The molecule has 1 amide bonds. The predicted octanol–water partition coefficient (Wildman–Crippen LogP) is 1.44. The summed E-state index contributed by atoms with van der Waals surface area (Å²) in [6, 6.07) is 0. The second-order valence-electron chi connectivity index (χ2n) is 8.00. The Labute approximate surface area is 160 Å². The van der Waals surface area contributed by atoms with E-state index in [0.717, 1.165) is 38.8 Å². The molecule has 0 aromatic carbocycles. The highest BCUT2D eigenvalue weighted by molar-refractivity contribution is 7.94. The molecule has 8 heteroatoms. The molecule has 7 nitrogen and oxygen atoms in total. The van der Waals surface area contributed by atoms with Gasteiger partial charge in [0.15, 0.2) is 9.84 Å². The summed E-state index contributed by atoms with van der Waals surface area (Å²) < 4.78 is 23.1. The molecule has 0 aliphatic carbocycles. The van der Waals surface area contributed by atoms with Crippen molar-refractivity contribution >= 4 is 15.7 Å². The molecule has 3 aliphatic rings. The van der Waals surface area contributed by atoms with E-state index in [1.807, 2.05) is 4.90 Å². The smallest absolute Gasteiger partial charge is 0.223 e. The van der Waals surface area contributed by atoms with Gasteiger partial charge in [-0.25, -0.2) is 13.4 Å². The lowest BCUT2D eigenvalue weighted by atomic mass is 9.78. The van der Waals surface area contributed by atoms with E-state index in [1.54, 1.807) is 12.4 Å². The summed E-state index contributed by atoms with van der Waals surface area (Å²) in [4.78, 5) is 25.1. The number of aromatic nitrogens is 2. The molecule has 4 heterocycles. The van der Waals surface area contributed by atoms with Gasteiger partial charge in [0.2, 0.25) is 5.91 Å². The van der Waals surface area contributed by atoms with E-state index in [0.29, 0.717) is 13.1 Å². The van der Waals surface area contributed by atoms with Crippen LogP contribution in [0.4, 0.5) is 0 Å². The van der Waals surface area contributed by atoms with E-state index in [1.165, 1.54) is 16.8 Å². The summed E-state index contributed by atoms with van der Waals surface area (Å²) in [5.74, 6) is -0.0449. The van der Waals surface area contributed by atoms with Crippen LogP contribution in [0.2, 0.25) is 0 Å². The highest BCUT2D eigenvalue weighted by Crippen LogP contribution is 2.42. The standard InChI is InChI=1S/C19H28N4O3S/c1-2-7-23-8-3-16-18(21-14-20-16)19(23)5-9-22(10-6-19)17(24)12-15-4-11-27(25,26)13-15/h4,11,14-15H,2-3,5-10,12-13H2,1H3,(H,20,21)/t15-/m0/s1. The van der Waals surface area contributed by atoms with Gasteiger partial charge in [-0.05, 0) is 25.8 Å². The molecule has 0 bridgehead atoms. The number of hydrogen-bond acceptors (Lipinski definition) is 5. The van der Waals surface area contributed by atoms with Crippen molar-refractivity contribution in [2.45, 2.75) is 44.6 Å². The normalized spacial score (nSPS) is 26.4. The second kappa shape index (κ2) is 7.05. The molecule has 0 saturated carbocycles. The molecule has 4 rings (SSSR count). The Bertz CT molecular complexity index is 837. The first-order valence-corrected chi connectivity index (χ1v) is 11.6. The molecule has 148 valence electrons. The summed E-state index contributed by atoms with van der Waals surface area (Å²) in [6.07, 6.45) is 7.62. The van der Waals surface area contributed by atoms with Gasteiger partial charge in [0, 0.05) is 49.5 Å². The SMILES string of the molecule is CCCN1CCc2[nH]cnc2C12CCN(C(=O)C[C@@H]1C=CS(=O)(=O)C1)CC2. The van der Waals surface area contributed by atoms with Gasteiger partial charge in [0.25, 0.3) is 0 Å². The second-order valence-corrected chi connectivity index (χ2v) is 9.93. The van der Waals surface area contributed by atoms with Gasteiger partial charge in [-0.3, -0.25) is 9.69 Å². The number of rotatable bonds is 4. The van der Waals surface area contributed by atoms with E-state index < -0.39 is 9.84 Å². The van der Waals surface area contributed by atoms with Crippen molar-refractivity contribution in [1.29, 1.82) is 0 Å². The number of carbonyl (C=O) groups is 1. The third-order valence-electron chi connectivity index (χ3n) is 6.27. The Morgan fingerprint density at radius 1 is 1.33 bits per heavy atom. The molecule has 0 radical (unpaired) electrons. The van der Waals surface area contributed by atoms with Crippen molar-refractivity contribution in [3.63, 3.8) is 0 Å². The maximum Gasteiger partial charge on any atom is 0.223 e. The molecule has 1 N–H and O–H groups in total. The van der Waals surface area contributed by atoms with Crippen LogP contribution in [-0.2, 0) is 26.6 Å². The fraction of sp³-hybridized carbons (Fsp3) is 0.684. The largest absolute Gasteiger partial charge is 0.348 e. The van der Waals surface area contributed by atoms with Gasteiger partial charge in [-0.1, -0.05) is 13.0 Å². The minimum Gasteiger partial charge on any atom is -0.348 e. The molecular weight excluding hydrogens is 364 g/mol. The van der Waals surface area contributed by atoms with Gasteiger partial charge in [0.05, 0.1) is 23.3 Å². The van der Waals surface area contributed by atoms with Crippen LogP contribution in [0.3, 0.4) is 0 Å². The van der Waals surface area contributed by atoms with Crippen LogP contribution in [0.5, 0.6) is 0 Å². The predicted molar refractivity (Wildman–Crippen MR) is 103 cm³/mol. The molecular formula is C19H28N4O3S. The lowest BCUT2D eigenvalue weighted by molar-refractivity contribution is -0.135. The molecule has 0 unspecified atom stereocenters. The fourth-order valence-electron chi connectivity index (χ4n) is 4.92. The number of amides is 1. The third kappa shape index (κ3) is 3.45. The Hall–Kier alpha value is -1.67. The zero-order valence-corrected chi connectivity index (χ0v) is 16.7. The molecule has 1 atom stereocenters. The maximum atomic E-state index is 12.7. The van der Waals surface area contributed by atoms with Gasteiger partial charge in [-0.15, -0.1) is 0 Å². The third-order valence-corrected chi connectivity index (χ3v) is 7.74. The first-order valence-electron chi connectivity index (χ1n) is 9.90. The maximum absolute atomic E-state index is 12.7. The highest BCUT2D eigenvalue weighted by atomic mass is 32.2. The number of carbonyl (C=O) groups excluding carboxylic acids is 1. The van der Waals surface area contributed by atoms with Crippen LogP contribution in [0.25, 0.3) is 0 Å². The summed E-state index contributed by atoms with van der Waals surface area (Å²) in [5, 5.41) is 1.25. The quantitative estimate of drug-likeness (QED) is 0.838. The number of likely N-dealkylation sites (tertiary alicyclic amines) is 1. The Morgan fingerprint density at radius 3 is 2.78 bits per heavy atom. The lowest BCUT2D eigenvalue weighted by Crippen LogP contribution is -2.57. The van der Waals surface area contributed by atoms with Crippen LogP contribution in [0.1, 0.15) is 44.0 Å². The topological polar surface area (TPSA) is 86.4 Å². The average Bonchev–Trinajstić information content (AvgIpc) is 3.25. The molecule has 3 aliphatic heterocycles. The monoisotopic (exact) mass is 392 g/mol. The Kier molecular flexibility index (Phi) is 4.88. The minimum atomic E-state index is -3.10. The number of nitrogens with one attached hydrogen (secondary N) is 1. The first kappa shape index (κ1) is 18.7. The highest BCUT2D eigenvalue weighted by Gasteiger charge is 2.46. The van der Waals surface area contributed by atoms with Crippen LogP contribution in [0, 0.1) is 5.92 Å². The van der Waals surface area contributed by atoms with Crippen molar-refractivity contribution < 1.29 is 13.2 Å².